The van der Waals surface area contributed by atoms with Crippen LogP contribution >= 0.6 is 0 Å². The van der Waals surface area contributed by atoms with E-state index in [0.29, 0.717) is 5.69 Å². The van der Waals surface area contributed by atoms with Crippen molar-refractivity contribution in [3.05, 3.63) is 30.1 Å². The van der Waals surface area contributed by atoms with Gasteiger partial charge in [0.2, 0.25) is 0 Å². The highest BCUT2D eigenvalue weighted by molar-refractivity contribution is 5.47. The first-order valence-electron chi connectivity index (χ1n) is 6.57. The molecule has 3 nitrogen and oxygen atoms in total. The van der Waals surface area contributed by atoms with Crippen LogP contribution in [0.1, 0.15) is 13.8 Å². The van der Waals surface area contributed by atoms with Crippen molar-refractivity contribution in [2.75, 3.05) is 44.3 Å². The van der Waals surface area contributed by atoms with Gasteiger partial charge in [0, 0.05) is 32.8 Å². The van der Waals surface area contributed by atoms with Gasteiger partial charge in [-0.25, -0.2) is 4.39 Å². The molecule has 0 bridgehead atoms. The molecule has 18 heavy (non-hydrogen) atoms. The number of nitrogens with zero attached hydrogens (tertiary/aromatic N) is 1. The average molecular weight is 254 g/mol. The molecule has 0 saturated heterocycles. The number of para-hydroxylation sites is 1. The third-order valence-corrected chi connectivity index (χ3v) is 2.76. The van der Waals surface area contributed by atoms with Crippen molar-refractivity contribution >= 4 is 5.69 Å². The molecule has 1 aromatic carbocycles. The van der Waals surface area contributed by atoms with Gasteiger partial charge in [-0.2, -0.15) is 0 Å². The summed E-state index contributed by atoms with van der Waals surface area (Å²) >= 11 is 0. The molecule has 0 aliphatic rings. The fraction of sp³-hybridized carbons (Fsp3) is 0.571. The quantitative estimate of drug-likeness (QED) is 0.684. The van der Waals surface area contributed by atoms with E-state index in [0.717, 1.165) is 39.4 Å². The van der Waals surface area contributed by atoms with Crippen LogP contribution in [0.3, 0.4) is 0 Å². The number of benzene rings is 1. The fourth-order valence-electron chi connectivity index (χ4n) is 1.78. The Morgan fingerprint density at radius 1 is 1.22 bits per heavy atom. The van der Waals surface area contributed by atoms with E-state index in [1.54, 1.807) is 6.07 Å². The van der Waals surface area contributed by atoms with E-state index in [1.807, 2.05) is 30.9 Å². The number of rotatable bonds is 9. The highest BCUT2D eigenvalue weighted by atomic mass is 19.1. The summed E-state index contributed by atoms with van der Waals surface area (Å²) in [6, 6.07) is 6.90. The maximum Gasteiger partial charge on any atom is 0.146 e. The number of hydrogen-bond donors (Lipinski definition) is 1. The summed E-state index contributed by atoms with van der Waals surface area (Å²) in [5, 5.41) is 3.29. The normalized spacial score (nSPS) is 10.6. The standard InChI is InChI=1S/C14H23FN2O/c1-3-17(11-9-16-10-12-18-4-2)14-8-6-5-7-13(14)15/h5-8,16H,3-4,9-12H2,1-2H3. The van der Waals surface area contributed by atoms with Crippen LogP contribution in [0.5, 0.6) is 0 Å². The van der Waals surface area contributed by atoms with Crippen molar-refractivity contribution in [3.63, 3.8) is 0 Å². The Labute approximate surface area is 109 Å². The molecule has 0 unspecified atom stereocenters. The fourth-order valence-corrected chi connectivity index (χ4v) is 1.78. The molecule has 0 aliphatic heterocycles. The molecule has 0 radical (unpaired) electrons. The average Bonchev–Trinajstić information content (AvgIpc) is 2.39. The zero-order valence-corrected chi connectivity index (χ0v) is 11.3. The van der Waals surface area contributed by atoms with Crippen LogP contribution in [0.25, 0.3) is 0 Å². The van der Waals surface area contributed by atoms with Gasteiger partial charge in [0.1, 0.15) is 5.82 Å². The summed E-state index contributed by atoms with van der Waals surface area (Å²) in [6.07, 6.45) is 0. The summed E-state index contributed by atoms with van der Waals surface area (Å²) in [5.74, 6) is -0.159. The Morgan fingerprint density at radius 2 is 2.00 bits per heavy atom. The predicted molar refractivity (Wildman–Crippen MR) is 73.6 cm³/mol. The van der Waals surface area contributed by atoms with Crippen molar-refractivity contribution < 1.29 is 9.13 Å². The number of ether oxygens (including phenoxy) is 1. The van der Waals surface area contributed by atoms with Crippen molar-refractivity contribution in [2.45, 2.75) is 13.8 Å². The summed E-state index contributed by atoms with van der Waals surface area (Å²) in [4.78, 5) is 2.03. The van der Waals surface area contributed by atoms with Gasteiger partial charge in [0.25, 0.3) is 0 Å². The maximum absolute atomic E-state index is 13.6. The molecular weight excluding hydrogens is 231 g/mol. The second-order valence-corrected chi connectivity index (χ2v) is 3.98. The SMILES string of the molecule is CCOCCNCCN(CC)c1ccccc1F. The molecule has 0 aromatic heterocycles. The van der Waals surface area contributed by atoms with Crippen molar-refractivity contribution in [1.82, 2.24) is 5.32 Å². The van der Waals surface area contributed by atoms with Crippen LogP contribution in [-0.2, 0) is 4.74 Å². The zero-order valence-electron chi connectivity index (χ0n) is 11.3. The van der Waals surface area contributed by atoms with Gasteiger partial charge in [0.15, 0.2) is 0 Å². The lowest BCUT2D eigenvalue weighted by Gasteiger charge is -2.23. The lowest BCUT2D eigenvalue weighted by Crippen LogP contribution is -2.33. The molecule has 0 heterocycles. The van der Waals surface area contributed by atoms with Crippen LogP contribution in [0.15, 0.2) is 24.3 Å². The minimum Gasteiger partial charge on any atom is -0.380 e. The van der Waals surface area contributed by atoms with E-state index in [9.17, 15) is 4.39 Å². The molecule has 0 spiro atoms. The van der Waals surface area contributed by atoms with E-state index in [2.05, 4.69) is 5.32 Å². The number of hydrogen-bond acceptors (Lipinski definition) is 3. The van der Waals surface area contributed by atoms with Crippen LogP contribution < -0.4 is 10.2 Å². The van der Waals surface area contributed by atoms with Crippen LogP contribution in [0.4, 0.5) is 10.1 Å². The molecule has 0 saturated carbocycles. The minimum absolute atomic E-state index is 0.159. The van der Waals surface area contributed by atoms with Gasteiger partial charge in [-0.1, -0.05) is 12.1 Å². The van der Waals surface area contributed by atoms with Gasteiger partial charge >= 0.3 is 0 Å². The van der Waals surface area contributed by atoms with Gasteiger partial charge in [-0.05, 0) is 26.0 Å². The summed E-state index contributed by atoms with van der Waals surface area (Å²) < 4.78 is 18.9. The highest BCUT2D eigenvalue weighted by Crippen LogP contribution is 2.17. The molecule has 1 N–H and O–H groups in total. The second kappa shape index (κ2) is 8.89. The van der Waals surface area contributed by atoms with Crippen LogP contribution in [0, 0.1) is 5.82 Å². The number of anilines is 1. The molecule has 1 aromatic rings. The Bertz CT molecular complexity index is 333. The van der Waals surface area contributed by atoms with Crippen molar-refractivity contribution in [1.29, 1.82) is 0 Å². The van der Waals surface area contributed by atoms with E-state index in [-0.39, 0.29) is 5.82 Å². The molecule has 0 atom stereocenters. The highest BCUT2D eigenvalue weighted by Gasteiger charge is 2.08. The van der Waals surface area contributed by atoms with Gasteiger partial charge in [-0.15, -0.1) is 0 Å². The first-order valence-corrected chi connectivity index (χ1v) is 6.57. The lowest BCUT2D eigenvalue weighted by atomic mass is 10.2. The van der Waals surface area contributed by atoms with E-state index >= 15 is 0 Å². The first kappa shape index (κ1) is 14.9. The maximum atomic E-state index is 13.6. The Balaban J connectivity index is 2.32. The van der Waals surface area contributed by atoms with Crippen molar-refractivity contribution in [2.24, 2.45) is 0 Å². The van der Waals surface area contributed by atoms with Gasteiger partial charge in [0.05, 0.1) is 12.3 Å². The molecule has 102 valence electrons. The van der Waals surface area contributed by atoms with Gasteiger partial charge in [-0.3, -0.25) is 0 Å². The molecule has 0 fully saturated rings. The molecule has 1 rings (SSSR count). The van der Waals surface area contributed by atoms with E-state index < -0.39 is 0 Å². The molecule has 4 heteroatoms. The predicted octanol–water partition coefficient (Wildman–Crippen LogP) is 2.28. The molecule has 0 amide bonds. The van der Waals surface area contributed by atoms with Crippen molar-refractivity contribution in [3.8, 4) is 0 Å². The summed E-state index contributed by atoms with van der Waals surface area (Å²) in [6.45, 7) is 8.75. The first-order chi connectivity index (χ1) is 8.79. The Morgan fingerprint density at radius 3 is 2.67 bits per heavy atom. The van der Waals surface area contributed by atoms with E-state index in [1.165, 1.54) is 6.07 Å². The third-order valence-electron chi connectivity index (χ3n) is 2.76. The Kier molecular flexibility index (Phi) is 7.37. The number of likely N-dealkylation sites (N-methyl/N-ethyl adjacent to an activating group) is 1. The minimum atomic E-state index is -0.159. The summed E-state index contributed by atoms with van der Waals surface area (Å²) in [7, 11) is 0. The summed E-state index contributed by atoms with van der Waals surface area (Å²) in [5.41, 5.74) is 0.673. The monoisotopic (exact) mass is 254 g/mol. The smallest absolute Gasteiger partial charge is 0.146 e. The number of halogens is 1. The lowest BCUT2D eigenvalue weighted by molar-refractivity contribution is 0.149. The van der Waals surface area contributed by atoms with Crippen LogP contribution in [0.2, 0.25) is 0 Å². The largest absolute Gasteiger partial charge is 0.380 e. The second-order valence-electron chi connectivity index (χ2n) is 3.98. The topological polar surface area (TPSA) is 24.5 Å². The molecular formula is C14H23FN2O. The van der Waals surface area contributed by atoms with Gasteiger partial charge < -0.3 is 15.0 Å². The number of nitrogens with one attached hydrogen (secondary N) is 1. The zero-order chi connectivity index (χ0) is 13.2. The van der Waals surface area contributed by atoms with E-state index in [4.69, 9.17) is 4.74 Å². The third kappa shape index (κ3) is 5.02. The van der Waals surface area contributed by atoms with Crippen LogP contribution in [-0.4, -0.2) is 39.4 Å². The molecule has 0 aliphatic carbocycles. The Hall–Kier alpha value is -1.13.